The van der Waals surface area contributed by atoms with Gasteiger partial charge >= 0.3 is 10.1 Å². The van der Waals surface area contributed by atoms with Crippen LogP contribution in [0, 0.1) is 6.92 Å². The molecule has 0 aliphatic heterocycles. The van der Waals surface area contributed by atoms with Crippen molar-refractivity contribution in [3.05, 3.63) is 53.1 Å². The molecule has 2 aromatic rings. The first-order valence-electron chi connectivity index (χ1n) is 6.92. The fourth-order valence-electron chi connectivity index (χ4n) is 1.91. The molecule has 0 unspecified atom stereocenters. The van der Waals surface area contributed by atoms with Gasteiger partial charge in [0.15, 0.2) is 0 Å². The Morgan fingerprint density at radius 3 is 2.52 bits per heavy atom. The molecule has 0 heterocycles. The number of hydrogen-bond donors (Lipinski definition) is 0. The Morgan fingerprint density at radius 2 is 1.83 bits per heavy atom. The molecule has 0 N–H and O–H groups in total. The zero-order valence-corrected chi connectivity index (χ0v) is 16.2. The topological polar surface area (TPSA) is 52.6 Å². The van der Waals surface area contributed by atoms with E-state index in [2.05, 4.69) is 22.6 Å². The van der Waals surface area contributed by atoms with E-state index in [1.165, 1.54) is 12.1 Å². The van der Waals surface area contributed by atoms with Gasteiger partial charge in [-0.15, -0.1) is 0 Å². The molecule has 0 fully saturated rings. The number of hydrogen-bond acceptors (Lipinski definition) is 4. The van der Waals surface area contributed by atoms with Gasteiger partial charge in [0.2, 0.25) is 0 Å². The van der Waals surface area contributed by atoms with Crippen LogP contribution in [0.5, 0.6) is 11.5 Å². The quantitative estimate of drug-likeness (QED) is 0.259. The summed E-state index contributed by atoms with van der Waals surface area (Å²) in [7, 11) is -3.99. The largest absolute Gasteiger partial charge is 0.493 e. The number of halogens is 2. The molecule has 2 rings (SSSR count). The van der Waals surface area contributed by atoms with Crippen LogP contribution in [0.2, 0.25) is 5.02 Å². The number of benzene rings is 2. The lowest BCUT2D eigenvalue weighted by Crippen LogP contribution is -2.10. The minimum Gasteiger partial charge on any atom is -0.493 e. The fraction of sp³-hybridized carbons (Fsp3) is 0.250. The highest BCUT2D eigenvalue weighted by atomic mass is 127. The Balaban J connectivity index is 2.24. The van der Waals surface area contributed by atoms with Crippen LogP contribution in [0.15, 0.2) is 47.4 Å². The van der Waals surface area contributed by atoms with E-state index in [-0.39, 0.29) is 15.7 Å². The lowest BCUT2D eigenvalue weighted by atomic mass is 10.2. The molecule has 0 atom stereocenters. The van der Waals surface area contributed by atoms with Gasteiger partial charge in [0, 0.05) is 10.5 Å². The summed E-state index contributed by atoms with van der Waals surface area (Å²) < 4.78 is 36.5. The van der Waals surface area contributed by atoms with Gasteiger partial charge in [0.1, 0.15) is 16.4 Å². The van der Waals surface area contributed by atoms with Crippen molar-refractivity contribution in [3.63, 3.8) is 0 Å². The second-order valence-corrected chi connectivity index (χ2v) is 7.84. The summed E-state index contributed by atoms with van der Waals surface area (Å²) in [5.41, 5.74) is 0.848. The first-order chi connectivity index (χ1) is 10.9. The lowest BCUT2D eigenvalue weighted by molar-refractivity contribution is 0.318. The van der Waals surface area contributed by atoms with Gasteiger partial charge < -0.3 is 8.92 Å². The third-order valence-electron chi connectivity index (χ3n) is 2.88. The zero-order chi connectivity index (χ0) is 16.9. The molecular weight excluding hydrogens is 451 g/mol. The third-order valence-corrected chi connectivity index (χ3v) is 5.39. The van der Waals surface area contributed by atoms with Gasteiger partial charge in [-0.3, -0.25) is 0 Å². The molecule has 0 spiro atoms. The van der Waals surface area contributed by atoms with Crippen LogP contribution in [-0.4, -0.2) is 19.5 Å². The summed E-state index contributed by atoms with van der Waals surface area (Å²) in [5.74, 6) is 0.786. The van der Waals surface area contributed by atoms with E-state index in [1.54, 1.807) is 24.3 Å². The summed E-state index contributed by atoms with van der Waals surface area (Å²) in [4.78, 5) is -0.0597. The van der Waals surface area contributed by atoms with E-state index >= 15 is 0 Å². The average Bonchev–Trinajstić information content (AvgIpc) is 2.46. The molecule has 0 aliphatic carbocycles. The normalized spacial score (nSPS) is 11.3. The van der Waals surface area contributed by atoms with E-state index in [1.807, 2.05) is 13.0 Å². The Morgan fingerprint density at radius 1 is 1.13 bits per heavy atom. The minimum absolute atomic E-state index is 0.0597. The van der Waals surface area contributed by atoms with Crippen LogP contribution < -0.4 is 8.92 Å². The Labute approximate surface area is 155 Å². The standard InChI is InChI=1S/C16H16ClIO4S/c1-12-9-13(21-8-4-7-18)11-14(10-12)22-23(19,20)16-6-3-2-5-15(16)17/h2-3,5-6,9-11H,4,7-8H2,1H3. The number of rotatable bonds is 7. The van der Waals surface area contributed by atoms with Crippen LogP contribution in [0.4, 0.5) is 0 Å². The van der Waals surface area contributed by atoms with Gasteiger partial charge in [0.25, 0.3) is 0 Å². The van der Waals surface area contributed by atoms with Gasteiger partial charge in [-0.25, -0.2) is 0 Å². The van der Waals surface area contributed by atoms with Crippen molar-refractivity contribution in [2.75, 3.05) is 11.0 Å². The highest BCUT2D eigenvalue weighted by molar-refractivity contribution is 14.1. The maximum Gasteiger partial charge on any atom is 0.340 e. The van der Waals surface area contributed by atoms with E-state index in [0.29, 0.717) is 12.4 Å². The fourth-order valence-corrected chi connectivity index (χ4v) is 3.63. The highest BCUT2D eigenvalue weighted by Crippen LogP contribution is 2.28. The van der Waals surface area contributed by atoms with Crippen LogP contribution in [0.1, 0.15) is 12.0 Å². The summed E-state index contributed by atoms with van der Waals surface area (Å²) in [6.45, 7) is 2.42. The smallest absolute Gasteiger partial charge is 0.340 e. The zero-order valence-electron chi connectivity index (χ0n) is 12.5. The summed E-state index contributed by atoms with van der Waals surface area (Å²) in [6.07, 6.45) is 0.919. The van der Waals surface area contributed by atoms with Gasteiger partial charge in [0.05, 0.1) is 11.6 Å². The van der Waals surface area contributed by atoms with Gasteiger partial charge in [-0.05, 0) is 43.2 Å². The molecule has 0 saturated heterocycles. The number of ether oxygens (including phenoxy) is 1. The average molecular weight is 467 g/mol. The molecule has 0 bridgehead atoms. The van der Waals surface area contributed by atoms with Crippen LogP contribution in [0.25, 0.3) is 0 Å². The van der Waals surface area contributed by atoms with Crippen molar-refractivity contribution >= 4 is 44.3 Å². The molecule has 0 aliphatic rings. The Kier molecular flexibility index (Phi) is 6.55. The van der Waals surface area contributed by atoms with E-state index in [9.17, 15) is 8.42 Å². The molecule has 7 heteroatoms. The lowest BCUT2D eigenvalue weighted by Gasteiger charge is -2.11. The third kappa shape index (κ3) is 5.26. The molecular formula is C16H16ClIO4S. The van der Waals surface area contributed by atoms with Crippen molar-refractivity contribution in [2.45, 2.75) is 18.2 Å². The van der Waals surface area contributed by atoms with Crippen molar-refractivity contribution in [1.82, 2.24) is 0 Å². The monoisotopic (exact) mass is 466 g/mol. The maximum absolute atomic E-state index is 12.4. The summed E-state index contributed by atoms with van der Waals surface area (Å²) in [5, 5.41) is 0.124. The molecule has 0 amide bonds. The summed E-state index contributed by atoms with van der Waals surface area (Å²) >= 11 is 8.21. The predicted octanol–water partition coefficient (Wildman–Crippen LogP) is 4.62. The highest BCUT2D eigenvalue weighted by Gasteiger charge is 2.20. The van der Waals surface area contributed by atoms with E-state index < -0.39 is 10.1 Å². The molecule has 23 heavy (non-hydrogen) atoms. The molecule has 0 aromatic heterocycles. The van der Waals surface area contributed by atoms with Crippen molar-refractivity contribution in [3.8, 4) is 11.5 Å². The van der Waals surface area contributed by atoms with Gasteiger partial charge in [-0.1, -0.05) is 46.3 Å². The predicted molar refractivity (Wildman–Crippen MR) is 99.4 cm³/mol. The van der Waals surface area contributed by atoms with Crippen molar-refractivity contribution < 1.29 is 17.3 Å². The van der Waals surface area contributed by atoms with Crippen LogP contribution in [-0.2, 0) is 10.1 Å². The van der Waals surface area contributed by atoms with E-state index in [4.69, 9.17) is 20.5 Å². The molecule has 2 aromatic carbocycles. The van der Waals surface area contributed by atoms with Crippen LogP contribution in [0.3, 0.4) is 0 Å². The van der Waals surface area contributed by atoms with E-state index in [0.717, 1.165) is 16.4 Å². The maximum atomic E-state index is 12.4. The number of aryl methyl sites for hydroxylation is 1. The second kappa shape index (κ2) is 8.21. The second-order valence-electron chi connectivity index (χ2n) is 4.84. The Hall–Kier alpha value is -0.990. The molecule has 0 radical (unpaired) electrons. The summed E-state index contributed by atoms with van der Waals surface area (Å²) in [6, 6.07) is 11.2. The van der Waals surface area contributed by atoms with Gasteiger partial charge in [-0.2, -0.15) is 8.42 Å². The molecule has 0 saturated carbocycles. The van der Waals surface area contributed by atoms with Crippen molar-refractivity contribution in [2.24, 2.45) is 0 Å². The SMILES string of the molecule is Cc1cc(OCCCI)cc(OS(=O)(=O)c2ccccc2Cl)c1. The van der Waals surface area contributed by atoms with Crippen LogP contribution >= 0.6 is 34.2 Å². The van der Waals surface area contributed by atoms with Crippen molar-refractivity contribution in [1.29, 1.82) is 0 Å². The molecule has 4 nitrogen and oxygen atoms in total. The molecule has 124 valence electrons. The first kappa shape index (κ1) is 18.4. The number of alkyl halides is 1. The minimum atomic E-state index is -3.99. The first-order valence-corrected chi connectivity index (χ1v) is 10.2. The Bertz CT molecular complexity index is 777.